The highest BCUT2D eigenvalue weighted by Gasteiger charge is 2.07. The van der Waals surface area contributed by atoms with E-state index in [1.807, 2.05) is 18.2 Å². The molecule has 106 valence electrons. The van der Waals surface area contributed by atoms with E-state index in [0.717, 1.165) is 17.0 Å². The molecule has 2 aromatic carbocycles. The first-order valence-corrected chi connectivity index (χ1v) is 7.72. The average Bonchev–Trinajstić information content (AvgIpc) is 2.43. The number of nitrogens with one attached hydrogen (secondary N) is 1. The molecule has 2 aromatic rings. The Morgan fingerprint density at radius 1 is 1.20 bits per heavy atom. The summed E-state index contributed by atoms with van der Waals surface area (Å²) in [6.45, 7) is 0.574. The van der Waals surface area contributed by atoms with Crippen molar-refractivity contribution < 1.29 is 9.84 Å². The normalized spacial score (nSPS) is 10.4. The minimum atomic E-state index is 0.188. The van der Waals surface area contributed by atoms with Gasteiger partial charge in [0, 0.05) is 12.6 Å². The van der Waals surface area contributed by atoms with Gasteiger partial charge in [0.15, 0.2) is 0 Å². The number of hydrogen-bond donors (Lipinski definition) is 2. The molecule has 0 fully saturated rings. The van der Waals surface area contributed by atoms with Gasteiger partial charge in [-0.15, -0.1) is 0 Å². The SMILES string of the molecule is COc1ccc(Cl)c(NCc2cc(Br)c(O)c(Br)c2)c1. The third-order valence-electron chi connectivity index (χ3n) is 2.73. The standard InChI is InChI=1S/C14H12Br2ClNO2/c1-20-9-2-3-12(17)13(6-9)18-7-8-4-10(15)14(19)11(16)5-8/h2-6,18-19H,7H2,1H3. The van der Waals surface area contributed by atoms with Crippen LogP contribution in [0.1, 0.15) is 5.56 Å². The molecule has 20 heavy (non-hydrogen) atoms. The molecule has 0 unspecified atom stereocenters. The maximum atomic E-state index is 9.68. The Morgan fingerprint density at radius 2 is 1.85 bits per heavy atom. The monoisotopic (exact) mass is 419 g/mol. The fourth-order valence-electron chi connectivity index (χ4n) is 1.68. The van der Waals surface area contributed by atoms with Crippen molar-refractivity contribution >= 4 is 49.1 Å². The van der Waals surface area contributed by atoms with Gasteiger partial charge in [0.1, 0.15) is 11.5 Å². The molecule has 0 aliphatic carbocycles. The van der Waals surface area contributed by atoms with Gasteiger partial charge in [0.05, 0.1) is 26.8 Å². The first kappa shape index (κ1) is 15.5. The quantitative estimate of drug-likeness (QED) is 0.714. The summed E-state index contributed by atoms with van der Waals surface area (Å²) >= 11 is 12.7. The van der Waals surface area contributed by atoms with E-state index in [0.29, 0.717) is 20.5 Å². The van der Waals surface area contributed by atoms with Crippen LogP contribution in [0, 0.1) is 0 Å². The van der Waals surface area contributed by atoms with Crippen LogP contribution in [-0.4, -0.2) is 12.2 Å². The lowest BCUT2D eigenvalue weighted by Gasteiger charge is -2.11. The number of benzene rings is 2. The lowest BCUT2D eigenvalue weighted by atomic mass is 10.2. The maximum absolute atomic E-state index is 9.68. The molecule has 0 saturated carbocycles. The van der Waals surface area contributed by atoms with Crippen LogP contribution in [0.15, 0.2) is 39.3 Å². The van der Waals surface area contributed by atoms with Crippen molar-refractivity contribution in [2.45, 2.75) is 6.54 Å². The predicted molar refractivity (Wildman–Crippen MR) is 88.8 cm³/mol. The van der Waals surface area contributed by atoms with Crippen LogP contribution in [0.3, 0.4) is 0 Å². The van der Waals surface area contributed by atoms with Crippen molar-refractivity contribution in [1.82, 2.24) is 0 Å². The van der Waals surface area contributed by atoms with E-state index in [-0.39, 0.29) is 5.75 Å². The van der Waals surface area contributed by atoms with Crippen molar-refractivity contribution in [3.05, 3.63) is 49.9 Å². The molecule has 0 bridgehead atoms. The van der Waals surface area contributed by atoms with Gasteiger partial charge >= 0.3 is 0 Å². The van der Waals surface area contributed by atoms with E-state index in [1.54, 1.807) is 19.2 Å². The van der Waals surface area contributed by atoms with Crippen LogP contribution >= 0.6 is 43.5 Å². The molecule has 2 rings (SSSR count). The molecule has 0 amide bonds. The maximum Gasteiger partial charge on any atom is 0.143 e. The summed E-state index contributed by atoms with van der Waals surface area (Å²) in [6.07, 6.45) is 0. The van der Waals surface area contributed by atoms with Gasteiger partial charge in [-0.1, -0.05) is 11.6 Å². The molecule has 0 aromatic heterocycles. The Morgan fingerprint density at radius 3 is 2.45 bits per heavy atom. The summed E-state index contributed by atoms with van der Waals surface area (Å²) in [5.41, 5.74) is 1.80. The molecule has 3 nitrogen and oxygen atoms in total. The first-order valence-electron chi connectivity index (χ1n) is 5.75. The Bertz CT molecular complexity index is 612. The average molecular weight is 422 g/mol. The second-order valence-electron chi connectivity index (χ2n) is 4.11. The Kier molecular flexibility index (Phi) is 5.18. The summed E-state index contributed by atoms with van der Waals surface area (Å²) in [6, 6.07) is 9.13. The van der Waals surface area contributed by atoms with Crippen molar-refractivity contribution in [2.75, 3.05) is 12.4 Å². The Labute approximate surface area is 139 Å². The fraction of sp³-hybridized carbons (Fsp3) is 0.143. The van der Waals surface area contributed by atoms with E-state index in [2.05, 4.69) is 37.2 Å². The number of ether oxygens (including phenoxy) is 1. The minimum absolute atomic E-state index is 0.188. The van der Waals surface area contributed by atoms with Crippen LogP contribution in [0.25, 0.3) is 0 Å². The van der Waals surface area contributed by atoms with Gasteiger partial charge in [0.2, 0.25) is 0 Å². The van der Waals surface area contributed by atoms with Gasteiger partial charge in [-0.2, -0.15) is 0 Å². The molecule has 0 aliphatic heterocycles. The molecular formula is C14H12Br2ClNO2. The summed E-state index contributed by atoms with van der Waals surface area (Å²) in [5, 5.41) is 13.5. The smallest absolute Gasteiger partial charge is 0.143 e. The number of phenolic OH excluding ortho intramolecular Hbond substituents is 1. The van der Waals surface area contributed by atoms with Crippen molar-refractivity contribution in [3.63, 3.8) is 0 Å². The molecule has 0 saturated heterocycles. The second-order valence-corrected chi connectivity index (χ2v) is 6.22. The van der Waals surface area contributed by atoms with Crippen molar-refractivity contribution in [2.24, 2.45) is 0 Å². The third-order valence-corrected chi connectivity index (χ3v) is 4.27. The predicted octanol–water partition coefficient (Wildman–Crippen LogP) is 5.19. The molecule has 6 heteroatoms. The van der Waals surface area contributed by atoms with Gasteiger partial charge in [-0.05, 0) is 61.7 Å². The number of aromatic hydroxyl groups is 1. The van der Waals surface area contributed by atoms with E-state index in [9.17, 15) is 5.11 Å². The number of hydrogen-bond acceptors (Lipinski definition) is 3. The van der Waals surface area contributed by atoms with Crippen LogP contribution < -0.4 is 10.1 Å². The van der Waals surface area contributed by atoms with Crippen LogP contribution in [0.5, 0.6) is 11.5 Å². The van der Waals surface area contributed by atoms with Crippen LogP contribution in [-0.2, 0) is 6.54 Å². The summed E-state index contributed by atoms with van der Waals surface area (Å²) in [7, 11) is 1.61. The molecular weight excluding hydrogens is 409 g/mol. The van der Waals surface area contributed by atoms with E-state index < -0.39 is 0 Å². The number of anilines is 1. The molecule has 0 radical (unpaired) electrons. The van der Waals surface area contributed by atoms with Crippen LogP contribution in [0.4, 0.5) is 5.69 Å². The molecule has 0 heterocycles. The van der Waals surface area contributed by atoms with Crippen molar-refractivity contribution in [3.8, 4) is 11.5 Å². The highest BCUT2D eigenvalue weighted by molar-refractivity contribution is 9.11. The number of rotatable bonds is 4. The second kappa shape index (κ2) is 6.70. The van der Waals surface area contributed by atoms with E-state index in [4.69, 9.17) is 16.3 Å². The summed E-state index contributed by atoms with van der Waals surface area (Å²) in [4.78, 5) is 0. The topological polar surface area (TPSA) is 41.5 Å². The number of halogens is 3. The van der Waals surface area contributed by atoms with Gasteiger partial charge < -0.3 is 15.2 Å². The van der Waals surface area contributed by atoms with Crippen LogP contribution in [0.2, 0.25) is 5.02 Å². The van der Waals surface area contributed by atoms with E-state index >= 15 is 0 Å². The summed E-state index contributed by atoms with van der Waals surface area (Å²) in [5.74, 6) is 0.929. The largest absolute Gasteiger partial charge is 0.506 e. The lowest BCUT2D eigenvalue weighted by Crippen LogP contribution is -2.00. The van der Waals surface area contributed by atoms with Crippen molar-refractivity contribution in [1.29, 1.82) is 0 Å². The first-order chi connectivity index (χ1) is 9.51. The zero-order valence-corrected chi connectivity index (χ0v) is 14.5. The molecule has 0 atom stereocenters. The molecule has 2 N–H and O–H groups in total. The zero-order chi connectivity index (χ0) is 14.7. The Hall–Kier alpha value is -0.910. The highest BCUT2D eigenvalue weighted by atomic mass is 79.9. The molecule has 0 aliphatic rings. The van der Waals surface area contributed by atoms with Gasteiger partial charge in [0.25, 0.3) is 0 Å². The number of methoxy groups -OCH3 is 1. The zero-order valence-electron chi connectivity index (χ0n) is 10.6. The minimum Gasteiger partial charge on any atom is -0.506 e. The summed E-state index contributed by atoms with van der Waals surface area (Å²) < 4.78 is 6.45. The third kappa shape index (κ3) is 3.59. The van der Waals surface area contributed by atoms with Gasteiger partial charge in [-0.3, -0.25) is 0 Å². The van der Waals surface area contributed by atoms with E-state index in [1.165, 1.54) is 0 Å². The fourth-order valence-corrected chi connectivity index (χ4v) is 3.15. The Balaban J connectivity index is 2.16. The lowest BCUT2D eigenvalue weighted by molar-refractivity contribution is 0.415. The van der Waals surface area contributed by atoms with Gasteiger partial charge in [-0.25, -0.2) is 0 Å². The number of phenols is 1. The molecule has 0 spiro atoms. The highest BCUT2D eigenvalue weighted by Crippen LogP contribution is 2.34.